The molecule has 1 N–H and O–H groups in total. The zero-order valence-corrected chi connectivity index (χ0v) is 15.9. The summed E-state index contributed by atoms with van der Waals surface area (Å²) in [5.41, 5.74) is 1.11. The number of hydrogen-bond acceptors (Lipinski definition) is 5. The van der Waals surface area contributed by atoms with Crippen molar-refractivity contribution in [1.29, 1.82) is 0 Å². The van der Waals surface area contributed by atoms with Gasteiger partial charge in [-0.15, -0.1) is 0 Å². The molecule has 0 aliphatic rings. The second-order valence-corrected chi connectivity index (χ2v) is 5.95. The highest BCUT2D eigenvalue weighted by Gasteiger charge is 2.11. The van der Waals surface area contributed by atoms with E-state index in [2.05, 4.69) is 29.0 Å². The molecule has 0 atom stereocenters. The second-order valence-electron chi connectivity index (χ2n) is 5.95. The number of pyridine rings is 1. The number of carbonyl (C=O) groups is 1. The molecule has 0 aliphatic carbocycles. The third kappa shape index (κ3) is 5.12. The van der Waals surface area contributed by atoms with E-state index in [0.717, 1.165) is 31.7 Å². The summed E-state index contributed by atoms with van der Waals surface area (Å²) in [6.07, 6.45) is 3.82. The Morgan fingerprint density at radius 3 is 2.12 bits per heavy atom. The number of anilines is 2. The molecule has 0 fully saturated rings. The lowest BCUT2D eigenvalue weighted by Gasteiger charge is -2.22. The Bertz CT molecular complexity index is 688. The smallest absolute Gasteiger partial charge is 0.255 e. The first kappa shape index (κ1) is 19.6. The molecule has 0 saturated carbocycles. The highest BCUT2D eigenvalue weighted by atomic mass is 16.5. The van der Waals surface area contributed by atoms with Gasteiger partial charge in [0.1, 0.15) is 17.3 Å². The van der Waals surface area contributed by atoms with E-state index in [1.54, 1.807) is 38.6 Å². The summed E-state index contributed by atoms with van der Waals surface area (Å²) in [5.74, 6) is 1.82. The van der Waals surface area contributed by atoms with Gasteiger partial charge in [0.2, 0.25) is 0 Å². The molecule has 2 rings (SSSR count). The first-order chi connectivity index (χ1) is 12.6. The van der Waals surface area contributed by atoms with Gasteiger partial charge in [0.15, 0.2) is 0 Å². The quantitative estimate of drug-likeness (QED) is 0.735. The van der Waals surface area contributed by atoms with Crippen LogP contribution in [0.15, 0.2) is 36.5 Å². The molecule has 0 unspecified atom stereocenters. The van der Waals surface area contributed by atoms with Crippen molar-refractivity contribution in [1.82, 2.24) is 4.98 Å². The van der Waals surface area contributed by atoms with Gasteiger partial charge >= 0.3 is 0 Å². The predicted molar refractivity (Wildman–Crippen MR) is 105 cm³/mol. The SMILES string of the molecule is CCCN(CCC)c1ccc(NC(=O)c2cc(OC)cc(OC)c2)cn1. The maximum Gasteiger partial charge on any atom is 0.255 e. The third-order valence-corrected chi connectivity index (χ3v) is 3.93. The van der Waals surface area contributed by atoms with Crippen molar-refractivity contribution < 1.29 is 14.3 Å². The molecular formula is C20H27N3O3. The monoisotopic (exact) mass is 357 g/mol. The number of methoxy groups -OCH3 is 2. The minimum atomic E-state index is -0.240. The predicted octanol–water partition coefficient (Wildman–Crippen LogP) is 3.98. The van der Waals surface area contributed by atoms with Gasteiger partial charge in [0.25, 0.3) is 5.91 Å². The van der Waals surface area contributed by atoms with Crippen molar-refractivity contribution in [2.45, 2.75) is 26.7 Å². The Kier molecular flexibility index (Phi) is 7.26. The van der Waals surface area contributed by atoms with Crippen LogP contribution in [0.1, 0.15) is 37.0 Å². The van der Waals surface area contributed by atoms with Crippen LogP contribution >= 0.6 is 0 Å². The van der Waals surface area contributed by atoms with E-state index in [9.17, 15) is 4.79 Å². The van der Waals surface area contributed by atoms with Gasteiger partial charge in [-0.2, -0.15) is 0 Å². The molecule has 0 spiro atoms. The summed E-state index contributed by atoms with van der Waals surface area (Å²) in [4.78, 5) is 19.3. The molecule has 1 aromatic heterocycles. The molecule has 2 aromatic rings. The molecule has 140 valence electrons. The average Bonchev–Trinajstić information content (AvgIpc) is 2.68. The molecule has 0 aliphatic heterocycles. The van der Waals surface area contributed by atoms with Crippen molar-refractivity contribution in [2.75, 3.05) is 37.5 Å². The van der Waals surface area contributed by atoms with Gasteiger partial charge in [-0.25, -0.2) is 4.98 Å². The summed E-state index contributed by atoms with van der Waals surface area (Å²) in [7, 11) is 3.11. The van der Waals surface area contributed by atoms with Gasteiger partial charge < -0.3 is 19.7 Å². The number of nitrogens with zero attached hydrogens (tertiary/aromatic N) is 2. The van der Waals surface area contributed by atoms with Crippen LogP contribution in [0.3, 0.4) is 0 Å². The van der Waals surface area contributed by atoms with Crippen molar-refractivity contribution >= 4 is 17.4 Å². The Morgan fingerprint density at radius 2 is 1.65 bits per heavy atom. The van der Waals surface area contributed by atoms with E-state index in [-0.39, 0.29) is 5.91 Å². The molecule has 1 heterocycles. The third-order valence-electron chi connectivity index (χ3n) is 3.93. The average molecular weight is 357 g/mol. The first-order valence-electron chi connectivity index (χ1n) is 8.86. The van der Waals surface area contributed by atoms with E-state index < -0.39 is 0 Å². The molecule has 1 aromatic carbocycles. The molecule has 0 radical (unpaired) electrons. The fraction of sp³-hybridized carbons (Fsp3) is 0.400. The minimum absolute atomic E-state index is 0.240. The van der Waals surface area contributed by atoms with Crippen LogP contribution in [0.5, 0.6) is 11.5 Å². The van der Waals surface area contributed by atoms with E-state index in [4.69, 9.17) is 9.47 Å². The molecule has 6 nitrogen and oxygen atoms in total. The topological polar surface area (TPSA) is 63.7 Å². The number of ether oxygens (including phenoxy) is 2. The largest absolute Gasteiger partial charge is 0.497 e. The van der Waals surface area contributed by atoms with Gasteiger partial charge in [-0.1, -0.05) is 13.8 Å². The van der Waals surface area contributed by atoms with Crippen LogP contribution in [-0.2, 0) is 0 Å². The van der Waals surface area contributed by atoms with E-state index in [0.29, 0.717) is 22.7 Å². The van der Waals surface area contributed by atoms with Crippen LogP contribution in [0.2, 0.25) is 0 Å². The van der Waals surface area contributed by atoms with Crippen LogP contribution in [0, 0.1) is 0 Å². The number of amides is 1. The summed E-state index contributed by atoms with van der Waals surface area (Å²) in [5, 5.41) is 2.86. The maximum atomic E-state index is 12.5. The highest BCUT2D eigenvalue weighted by Crippen LogP contribution is 2.23. The molecular weight excluding hydrogens is 330 g/mol. The normalized spacial score (nSPS) is 10.3. The highest BCUT2D eigenvalue weighted by molar-refractivity contribution is 6.04. The summed E-state index contributed by atoms with van der Waals surface area (Å²) < 4.78 is 10.4. The van der Waals surface area contributed by atoms with E-state index in [1.165, 1.54) is 0 Å². The van der Waals surface area contributed by atoms with Crippen molar-refractivity contribution in [2.24, 2.45) is 0 Å². The number of carbonyl (C=O) groups excluding carboxylic acids is 1. The number of rotatable bonds is 9. The first-order valence-corrected chi connectivity index (χ1v) is 8.86. The Morgan fingerprint density at radius 1 is 1.04 bits per heavy atom. The van der Waals surface area contributed by atoms with Gasteiger partial charge in [-0.05, 0) is 37.1 Å². The minimum Gasteiger partial charge on any atom is -0.497 e. The summed E-state index contributed by atoms with van der Waals surface area (Å²) in [6, 6.07) is 8.87. The van der Waals surface area contributed by atoms with Crippen molar-refractivity contribution in [3.63, 3.8) is 0 Å². The van der Waals surface area contributed by atoms with Gasteiger partial charge in [-0.3, -0.25) is 4.79 Å². The zero-order chi connectivity index (χ0) is 18.9. The number of hydrogen-bond donors (Lipinski definition) is 1. The van der Waals surface area contributed by atoms with Gasteiger partial charge in [0.05, 0.1) is 26.1 Å². The lowest BCUT2D eigenvalue weighted by Crippen LogP contribution is -2.25. The van der Waals surface area contributed by atoms with E-state index >= 15 is 0 Å². The Balaban J connectivity index is 2.12. The summed E-state index contributed by atoms with van der Waals surface area (Å²) in [6.45, 7) is 6.24. The van der Waals surface area contributed by atoms with Crippen molar-refractivity contribution in [3.8, 4) is 11.5 Å². The number of aromatic nitrogens is 1. The fourth-order valence-corrected chi connectivity index (χ4v) is 2.67. The van der Waals surface area contributed by atoms with Crippen LogP contribution in [0.25, 0.3) is 0 Å². The molecule has 0 bridgehead atoms. The van der Waals surface area contributed by atoms with Crippen LogP contribution in [0.4, 0.5) is 11.5 Å². The molecule has 26 heavy (non-hydrogen) atoms. The number of nitrogens with one attached hydrogen (secondary N) is 1. The summed E-state index contributed by atoms with van der Waals surface area (Å²) >= 11 is 0. The zero-order valence-electron chi connectivity index (χ0n) is 15.9. The fourth-order valence-electron chi connectivity index (χ4n) is 2.67. The maximum absolute atomic E-state index is 12.5. The lowest BCUT2D eigenvalue weighted by atomic mass is 10.2. The molecule has 1 amide bonds. The number of benzene rings is 1. The van der Waals surface area contributed by atoms with E-state index in [1.807, 2.05) is 12.1 Å². The Hall–Kier alpha value is -2.76. The van der Waals surface area contributed by atoms with Crippen LogP contribution in [-0.4, -0.2) is 38.2 Å². The standard InChI is InChI=1S/C20H27N3O3/c1-5-9-23(10-6-2)19-8-7-16(14-21-19)22-20(24)15-11-17(25-3)13-18(12-15)26-4/h7-8,11-14H,5-6,9-10H2,1-4H3,(H,22,24). The molecule has 6 heteroatoms. The van der Waals surface area contributed by atoms with Crippen LogP contribution < -0.4 is 19.7 Å². The molecule has 0 saturated heterocycles. The Labute approximate surface area is 155 Å². The van der Waals surface area contributed by atoms with Gasteiger partial charge in [0, 0.05) is 24.7 Å². The lowest BCUT2D eigenvalue weighted by molar-refractivity contribution is 0.102. The van der Waals surface area contributed by atoms with Crippen molar-refractivity contribution in [3.05, 3.63) is 42.1 Å². The second kappa shape index (κ2) is 9.65.